The second kappa shape index (κ2) is 8.19. The molecule has 1 aliphatic carbocycles. The Morgan fingerprint density at radius 1 is 1.11 bits per heavy atom. The van der Waals surface area contributed by atoms with E-state index in [0.29, 0.717) is 16.1 Å². The third-order valence-corrected chi connectivity index (χ3v) is 6.16. The Balaban J connectivity index is 1.70. The second-order valence-corrected chi connectivity index (χ2v) is 8.45. The fourth-order valence-corrected chi connectivity index (χ4v) is 4.53. The molecule has 1 aliphatic rings. The first-order chi connectivity index (χ1) is 13.6. The number of hydrogen-bond acceptors (Lipinski definition) is 4. The molecule has 144 valence electrons. The maximum atomic E-state index is 13.2. The molecule has 1 unspecified atom stereocenters. The summed E-state index contributed by atoms with van der Waals surface area (Å²) in [6.07, 6.45) is 4.44. The van der Waals surface area contributed by atoms with Gasteiger partial charge in [0.25, 0.3) is 5.56 Å². The topological polar surface area (TPSA) is 64.0 Å². The van der Waals surface area contributed by atoms with Crippen molar-refractivity contribution >= 4 is 28.6 Å². The Bertz CT molecular complexity index is 1040. The van der Waals surface area contributed by atoms with Crippen LogP contribution in [-0.4, -0.2) is 26.8 Å². The van der Waals surface area contributed by atoms with Gasteiger partial charge in [-0.2, -0.15) is 0 Å². The van der Waals surface area contributed by atoms with E-state index < -0.39 is 0 Å². The molecular formula is C22H23N3O2S. The van der Waals surface area contributed by atoms with Crippen molar-refractivity contribution in [2.45, 2.75) is 49.1 Å². The third kappa shape index (κ3) is 3.83. The summed E-state index contributed by atoms with van der Waals surface area (Å²) in [7, 11) is 0. The van der Waals surface area contributed by atoms with Crippen LogP contribution in [0.5, 0.6) is 0 Å². The van der Waals surface area contributed by atoms with Crippen molar-refractivity contribution in [2.24, 2.45) is 0 Å². The van der Waals surface area contributed by atoms with Crippen molar-refractivity contribution in [1.29, 1.82) is 0 Å². The standard InChI is InChI=1S/C22H23N3O2S/c1-15(20(26)23-16-9-5-6-10-16)28-22-24-19-14-8-7-13-18(19)21(27)25(22)17-11-3-2-4-12-17/h2-4,7-8,11-16H,5-6,9-10H2,1H3,(H,23,26). The summed E-state index contributed by atoms with van der Waals surface area (Å²) >= 11 is 1.33. The van der Waals surface area contributed by atoms with Gasteiger partial charge >= 0.3 is 0 Å². The number of amides is 1. The van der Waals surface area contributed by atoms with Gasteiger partial charge in [0.2, 0.25) is 5.91 Å². The number of hydrogen-bond donors (Lipinski definition) is 1. The van der Waals surface area contributed by atoms with Gasteiger partial charge in [0.15, 0.2) is 5.16 Å². The van der Waals surface area contributed by atoms with Gasteiger partial charge in [-0.3, -0.25) is 14.2 Å². The summed E-state index contributed by atoms with van der Waals surface area (Å²) in [6, 6.07) is 17.1. The normalized spacial score (nSPS) is 15.6. The Morgan fingerprint density at radius 2 is 1.79 bits per heavy atom. The maximum absolute atomic E-state index is 13.2. The Labute approximate surface area is 168 Å². The zero-order chi connectivity index (χ0) is 19.5. The highest BCUT2D eigenvalue weighted by Gasteiger charge is 2.23. The van der Waals surface area contributed by atoms with Crippen molar-refractivity contribution in [2.75, 3.05) is 0 Å². The van der Waals surface area contributed by atoms with Crippen LogP contribution in [0.2, 0.25) is 0 Å². The summed E-state index contributed by atoms with van der Waals surface area (Å²) in [4.78, 5) is 30.6. The van der Waals surface area contributed by atoms with Gasteiger partial charge < -0.3 is 5.32 Å². The highest BCUT2D eigenvalue weighted by Crippen LogP contribution is 2.26. The molecule has 0 saturated heterocycles. The molecule has 1 amide bonds. The zero-order valence-electron chi connectivity index (χ0n) is 15.8. The van der Waals surface area contributed by atoms with Crippen molar-refractivity contribution in [1.82, 2.24) is 14.9 Å². The minimum atomic E-state index is -0.344. The number of carbonyl (C=O) groups excluding carboxylic acids is 1. The number of thioether (sulfide) groups is 1. The van der Waals surface area contributed by atoms with Crippen LogP contribution in [0, 0.1) is 0 Å². The molecule has 1 fully saturated rings. The van der Waals surface area contributed by atoms with Gasteiger partial charge in [-0.05, 0) is 44.0 Å². The molecule has 1 heterocycles. The van der Waals surface area contributed by atoms with E-state index in [9.17, 15) is 9.59 Å². The molecule has 1 saturated carbocycles. The maximum Gasteiger partial charge on any atom is 0.266 e. The van der Waals surface area contributed by atoms with Crippen molar-refractivity contribution < 1.29 is 4.79 Å². The minimum Gasteiger partial charge on any atom is -0.352 e. The quantitative estimate of drug-likeness (QED) is 0.527. The minimum absolute atomic E-state index is 0.00100. The van der Waals surface area contributed by atoms with Crippen molar-refractivity contribution in [3.63, 3.8) is 0 Å². The Kier molecular flexibility index (Phi) is 5.48. The van der Waals surface area contributed by atoms with Crippen molar-refractivity contribution in [3.05, 3.63) is 65.0 Å². The smallest absolute Gasteiger partial charge is 0.266 e. The van der Waals surface area contributed by atoms with E-state index in [0.717, 1.165) is 18.5 Å². The number of nitrogens with one attached hydrogen (secondary N) is 1. The number of benzene rings is 2. The number of nitrogens with zero attached hydrogens (tertiary/aromatic N) is 2. The third-order valence-electron chi connectivity index (χ3n) is 5.11. The number of aromatic nitrogens is 2. The summed E-state index contributed by atoms with van der Waals surface area (Å²) in [5.74, 6) is -0.00100. The van der Waals surface area contributed by atoms with Crippen LogP contribution in [0.4, 0.5) is 0 Å². The van der Waals surface area contributed by atoms with E-state index in [4.69, 9.17) is 4.98 Å². The molecule has 2 aromatic carbocycles. The lowest BCUT2D eigenvalue weighted by Crippen LogP contribution is -2.38. The molecule has 3 aromatic rings. The molecule has 6 heteroatoms. The molecule has 0 bridgehead atoms. The van der Waals surface area contributed by atoms with Crippen molar-refractivity contribution in [3.8, 4) is 5.69 Å². The van der Waals surface area contributed by atoms with Crippen LogP contribution in [0.25, 0.3) is 16.6 Å². The Hall–Kier alpha value is -2.60. The first-order valence-corrected chi connectivity index (χ1v) is 10.6. The van der Waals surface area contributed by atoms with E-state index in [1.54, 1.807) is 10.6 Å². The lowest BCUT2D eigenvalue weighted by molar-refractivity contribution is -0.120. The second-order valence-electron chi connectivity index (χ2n) is 7.14. The highest BCUT2D eigenvalue weighted by molar-refractivity contribution is 8.00. The monoisotopic (exact) mass is 393 g/mol. The van der Waals surface area contributed by atoms with Crippen LogP contribution < -0.4 is 10.9 Å². The molecule has 0 spiro atoms. The first kappa shape index (κ1) is 18.7. The lowest BCUT2D eigenvalue weighted by atomic mass is 10.2. The fraction of sp³-hybridized carbons (Fsp3) is 0.318. The summed E-state index contributed by atoms with van der Waals surface area (Å²) < 4.78 is 1.60. The van der Waals surface area contributed by atoms with Gasteiger partial charge in [-0.15, -0.1) is 0 Å². The number of carbonyl (C=O) groups is 1. The molecular weight excluding hydrogens is 370 g/mol. The van der Waals surface area contributed by atoms with Crippen LogP contribution in [0.3, 0.4) is 0 Å². The summed E-state index contributed by atoms with van der Waals surface area (Å²) in [6.45, 7) is 1.87. The molecule has 0 radical (unpaired) electrons. The molecule has 1 aromatic heterocycles. The largest absolute Gasteiger partial charge is 0.352 e. The lowest BCUT2D eigenvalue weighted by Gasteiger charge is -2.18. The van der Waals surface area contributed by atoms with Gasteiger partial charge in [-0.25, -0.2) is 4.98 Å². The van der Waals surface area contributed by atoms with E-state index in [-0.39, 0.29) is 22.8 Å². The van der Waals surface area contributed by atoms with Crippen LogP contribution in [0.15, 0.2) is 64.5 Å². The SMILES string of the molecule is CC(Sc1nc2ccccc2c(=O)n1-c1ccccc1)C(=O)NC1CCCC1. The predicted molar refractivity (Wildman–Crippen MR) is 113 cm³/mol. The van der Waals surface area contributed by atoms with Crippen LogP contribution in [0.1, 0.15) is 32.6 Å². The first-order valence-electron chi connectivity index (χ1n) is 9.68. The molecule has 28 heavy (non-hydrogen) atoms. The average molecular weight is 394 g/mol. The average Bonchev–Trinajstić information content (AvgIpc) is 3.22. The van der Waals surface area contributed by atoms with E-state index in [1.807, 2.05) is 55.5 Å². The molecule has 1 atom stereocenters. The van der Waals surface area contributed by atoms with Crippen LogP contribution in [-0.2, 0) is 4.79 Å². The molecule has 1 N–H and O–H groups in total. The van der Waals surface area contributed by atoms with Gasteiger partial charge in [0, 0.05) is 6.04 Å². The van der Waals surface area contributed by atoms with Gasteiger partial charge in [0.05, 0.1) is 21.8 Å². The molecule has 5 nitrogen and oxygen atoms in total. The predicted octanol–water partition coefficient (Wildman–Crippen LogP) is 3.93. The van der Waals surface area contributed by atoms with Gasteiger partial charge in [0.1, 0.15) is 0 Å². The fourth-order valence-electron chi connectivity index (χ4n) is 3.60. The van der Waals surface area contributed by atoms with Gasteiger partial charge in [-0.1, -0.05) is 54.9 Å². The van der Waals surface area contributed by atoms with E-state index in [1.165, 1.54) is 24.6 Å². The number of fused-ring (bicyclic) bond motifs is 1. The zero-order valence-corrected chi connectivity index (χ0v) is 16.6. The molecule has 4 rings (SSSR count). The van der Waals surface area contributed by atoms with E-state index in [2.05, 4.69) is 5.32 Å². The number of para-hydroxylation sites is 2. The summed E-state index contributed by atoms with van der Waals surface area (Å²) in [5.41, 5.74) is 1.27. The highest BCUT2D eigenvalue weighted by atomic mass is 32.2. The van der Waals surface area contributed by atoms with Crippen LogP contribution >= 0.6 is 11.8 Å². The van der Waals surface area contributed by atoms with E-state index >= 15 is 0 Å². The Morgan fingerprint density at radius 3 is 2.54 bits per heavy atom. The number of rotatable bonds is 5. The summed E-state index contributed by atoms with van der Waals surface area (Å²) in [5, 5.41) is 3.89. The molecule has 0 aliphatic heterocycles.